The van der Waals surface area contributed by atoms with E-state index in [1.54, 1.807) is 0 Å². The van der Waals surface area contributed by atoms with E-state index in [1.165, 1.54) is 38.5 Å². The Kier molecular flexibility index (Phi) is 4.77. The SMILES string of the molecule is CCCCCC(C)NC(N)=NC1CC1. The molecule has 0 aliphatic heterocycles. The Balaban J connectivity index is 2.08. The van der Waals surface area contributed by atoms with Crippen molar-refractivity contribution in [1.82, 2.24) is 5.32 Å². The molecule has 0 bridgehead atoms. The van der Waals surface area contributed by atoms with Crippen LogP contribution in [0, 0.1) is 0 Å². The number of rotatable bonds is 6. The van der Waals surface area contributed by atoms with Gasteiger partial charge in [-0.25, -0.2) is 0 Å². The Labute approximate surface area is 87.2 Å². The molecule has 0 aromatic carbocycles. The molecule has 1 aliphatic carbocycles. The second kappa shape index (κ2) is 5.89. The average molecular weight is 197 g/mol. The highest BCUT2D eigenvalue weighted by Gasteiger charge is 2.20. The van der Waals surface area contributed by atoms with Gasteiger partial charge in [0.05, 0.1) is 6.04 Å². The first-order chi connectivity index (χ1) is 6.72. The molecule has 3 N–H and O–H groups in total. The highest BCUT2D eigenvalue weighted by molar-refractivity contribution is 5.78. The summed E-state index contributed by atoms with van der Waals surface area (Å²) >= 11 is 0. The van der Waals surface area contributed by atoms with Crippen LogP contribution in [0.15, 0.2) is 4.99 Å². The Bertz CT molecular complexity index is 185. The molecule has 3 heteroatoms. The van der Waals surface area contributed by atoms with Gasteiger partial charge in [0.15, 0.2) is 5.96 Å². The zero-order chi connectivity index (χ0) is 10.4. The summed E-state index contributed by atoms with van der Waals surface area (Å²) in [6, 6.07) is 0.981. The van der Waals surface area contributed by atoms with Crippen molar-refractivity contribution >= 4 is 5.96 Å². The van der Waals surface area contributed by atoms with Crippen molar-refractivity contribution in [2.45, 2.75) is 64.5 Å². The van der Waals surface area contributed by atoms with Crippen molar-refractivity contribution in [3.8, 4) is 0 Å². The average Bonchev–Trinajstić information content (AvgIpc) is 2.88. The van der Waals surface area contributed by atoms with Crippen LogP contribution in [0.3, 0.4) is 0 Å². The summed E-state index contributed by atoms with van der Waals surface area (Å²) in [5.41, 5.74) is 5.76. The van der Waals surface area contributed by atoms with E-state index in [4.69, 9.17) is 5.73 Å². The molecule has 1 saturated carbocycles. The van der Waals surface area contributed by atoms with E-state index in [0.717, 1.165) is 0 Å². The van der Waals surface area contributed by atoms with E-state index in [9.17, 15) is 0 Å². The summed E-state index contributed by atoms with van der Waals surface area (Å²) in [7, 11) is 0. The minimum absolute atomic E-state index is 0.462. The van der Waals surface area contributed by atoms with E-state index in [1.807, 2.05) is 0 Å². The number of hydrogen-bond donors (Lipinski definition) is 2. The van der Waals surface area contributed by atoms with Gasteiger partial charge < -0.3 is 11.1 Å². The lowest BCUT2D eigenvalue weighted by atomic mass is 10.1. The van der Waals surface area contributed by atoms with E-state index in [-0.39, 0.29) is 0 Å². The lowest BCUT2D eigenvalue weighted by Gasteiger charge is -2.13. The summed E-state index contributed by atoms with van der Waals surface area (Å²) in [5, 5.41) is 3.24. The van der Waals surface area contributed by atoms with Gasteiger partial charge in [0.2, 0.25) is 0 Å². The number of hydrogen-bond acceptors (Lipinski definition) is 1. The first-order valence-corrected chi connectivity index (χ1v) is 5.82. The molecule has 1 aliphatic rings. The van der Waals surface area contributed by atoms with Gasteiger partial charge in [0.1, 0.15) is 0 Å². The van der Waals surface area contributed by atoms with E-state index in [2.05, 4.69) is 24.2 Å². The lowest BCUT2D eigenvalue weighted by molar-refractivity contribution is 0.552. The number of aliphatic imine (C=N–C) groups is 1. The minimum atomic E-state index is 0.462. The lowest BCUT2D eigenvalue weighted by Crippen LogP contribution is -2.38. The Hall–Kier alpha value is -0.730. The van der Waals surface area contributed by atoms with Crippen LogP contribution in [0.2, 0.25) is 0 Å². The summed E-state index contributed by atoms with van der Waals surface area (Å²) in [6.45, 7) is 4.39. The summed E-state index contributed by atoms with van der Waals surface area (Å²) in [5.74, 6) is 0.636. The van der Waals surface area contributed by atoms with Gasteiger partial charge in [-0.1, -0.05) is 26.2 Å². The molecule has 0 aromatic rings. The number of nitrogens with zero attached hydrogens (tertiary/aromatic N) is 1. The molecular weight excluding hydrogens is 174 g/mol. The molecule has 1 fully saturated rings. The maximum atomic E-state index is 5.76. The standard InChI is InChI=1S/C11H23N3/c1-3-4-5-6-9(2)13-11(12)14-10-7-8-10/h9-10H,3-8H2,1-2H3,(H3,12,13,14). The van der Waals surface area contributed by atoms with Crippen LogP contribution in [0.5, 0.6) is 0 Å². The molecule has 0 radical (unpaired) electrons. The molecule has 3 nitrogen and oxygen atoms in total. The maximum Gasteiger partial charge on any atom is 0.189 e. The molecular formula is C11H23N3. The fourth-order valence-electron chi connectivity index (χ4n) is 1.46. The minimum Gasteiger partial charge on any atom is -0.370 e. The van der Waals surface area contributed by atoms with Crippen molar-refractivity contribution in [3.63, 3.8) is 0 Å². The zero-order valence-electron chi connectivity index (χ0n) is 9.42. The molecule has 0 saturated heterocycles. The maximum absolute atomic E-state index is 5.76. The summed E-state index contributed by atoms with van der Waals surface area (Å²) in [6.07, 6.45) is 7.49. The van der Waals surface area contributed by atoms with Crippen molar-refractivity contribution in [3.05, 3.63) is 0 Å². The van der Waals surface area contributed by atoms with Gasteiger partial charge in [0, 0.05) is 6.04 Å². The van der Waals surface area contributed by atoms with E-state index in [0.29, 0.717) is 18.0 Å². The third kappa shape index (κ3) is 5.10. The fraction of sp³-hybridized carbons (Fsp3) is 0.909. The second-order valence-electron chi connectivity index (χ2n) is 4.29. The van der Waals surface area contributed by atoms with Crippen molar-refractivity contribution in [2.24, 2.45) is 10.7 Å². The highest BCUT2D eigenvalue weighted by atomic mass is 15.1. The quantitative estimate of drug-likeness (QED) is 0.389. The van der Waals surface area contributed by atoms with Crippen LogP contribution in [0.4, 0.5) is 0 Å². The number of nitrogens with two attached hydrogens (primary N) is 1. The molecule has 1 rings (SSSR count). The predicted octanol–water partition coefficient (Wildman–Crippen LogP) is 2.02. The molecule has 82 valence electrons. The highest BCUT2D eigenvalue weighted by Crippen LogP contribution is 2.22. The third-order valence-electron chi connectivity index (χ3n) is 2.50. The molecule has 1 atom stereocenters. The predicted molar refractivity (Wildman–Crippen MR) is 61.4 cm³/mol. The largest absolute Gasteiger partial charge is 0.370 e. The van der Waals surface area contributed by atoms with Crippen molar-refractivity contribution in [2.75, 3.05) is 0 Å². The summed E-state index contributed by atoms with van der Waals surface area (Å²) in [4.78, 5) is 4.34. The normalized spacial score (nSPS) is 19.4. The molecule has 0 spiro atoms. The smallest absolute Gasteiger partial charge is 0.189 e. The van der Waals surface area contributed by atoms with Crippen LogP contribution >= 0.6 is 0 Å². The van der Waals surface area contributed by atoms with Gasteiger partial charge in [0.25, 0.3) is 0 Å². The molecule has 0 aromatic heterocycles. The van der Waals surface area contributed by atoms with Gasteiger partial charge in [-0.2, -0.15) is 0 Å². The van der Waals surface area contributed by atoms with Gasteiger partial charge >= 0.3 is 0 Å². The molecule has 0 heterocycles. The van der Waals surface area contributed by atoms with Crippen LogP contribution in [-0.2, 0) is 0 Å². The van der Waals surface area contributed by atoms with E-state index >= 15 is 0 Å². The topological polar surface area (TPSA) is 50.4 Å². The van der Waals surface area contributed by atoms with Gasteiger partial charge in [-0.15, -0.1) is 0 Å². The Morgan fingerprint density at radius 3 is 2.79 bits per heavy atom. The van der Waals surface area contributed by atoms with Crippen LogP contribution in [0.1, 0.15) is 52.4 Å². The number of unbranched alkanes of at least 4 members (excludes halogenated alkanes) is 2. The molecule has 1 unspecified atom stereocenters. The molecule has 0 amide bonds. The third-order valence-corrected chi connectivity index (χ3v) is 2.50. The van der Waals surface area contributed by atoms with Gasteiger partial charge in [-0.05, 0) is 26.2 Å². The van der Waals surface area contributed by atoms with E-state index < -0.39 is 0 Å². The van der Waals surface area contributed by atoms with Crippen LogP contribution in [0.25, 0.3) is 0 Å². The molecule has 14 heavy (non-hydrogen) atoms. The fourth-order valence-corrected chi connectivity index (χ4v) is 1.46. The monoisotopic (exact) mass is 197 g/mol. The Morgan fingerprint density at radius 2 is 2.21 bits per heavy atom. The summed E-state index contributed by atoms with van der Waals surface area (Å²) < 4.78 is 0. The van der Waals surface area contributed by atoms with Gasteiger partial charge in [-0.3, -0.25) is 4.99 Å². The number of nitrogens with one attached hydrogen (secondary N) is 1. The first-order valence-electron chi connectivity index (χ1n) is 5.82. The second-order valence-corrected chi connectivity index (χ2v) is 4.29. The van der Waals surface area contributed by atoms with Crippen LogP contribution in [-0.4, -0.2) is 18.0 Å². The van der Waals surface area contributed by atoms with Crippen molar-refractivity contribution in [1.29, 1.82) is 0 Å². The first kappa shape index (κ1) is 11.3. The van der Waals surface area contributed by atoms with Crippen LogP contribution < -0.4 is 11.1 Å². The number of guanidine groups is 1. The Morgan fingerprint density at radius 1 is 1.50 bits per heavy atom. The zero-order valence-corrected chi connectivity index (χ0v) is 9.42. The van der Waals surface area contributed by atoms with Crippen molar-refractivity contribution < 1.29 is 0 Å².